The second-order valence-electron chi connectivity index (χ2n) is 3.50. The lowest BCUT2D eigenvalue weighted by Gasteiger charge is -2.10. The fraction of sp³-hybridized carbons (Fsp3) is 0.417. The third kappa shape index (κ3) is 3.64. The summed E-state index contributed by atoms with van der Waals surface area (Å²) >= 11 is 0. The maximum Gasteiger partial charge on any atom is 0.176 e. The maximum absolute atomic E-state index is 5.86. The van der Waals surface area contributed by atoms with Crippen LogP contribution in [0.25, 0.3) is 0 Å². The molecule has 0 heterocycles. The summed E-state index contributed by atoms with van der Waals surface area (Å²) in [6, 6.07) is 7.90. The van der Waals surface area contributed by atoms with Crippen LogP contribution in [0, 0.1) is 6.92 Å². The summed E-state index contributed by atoms with van der Waals surface area (Å²) in [6.45, 7) is 2.41. The molecular formula is C12H18N2O2. The van der Waals surface area contributed by atoms with Gasteiger partial charge < -0.3 is 15.2 Å². The number of hydrogen-bond donors (Lipinski definition) is 1. The van der Waals surface area contributed by atoms with Crippen molar-refractivity contribution in [2.45, 2.75) is 13.2 Å². The number of rotatable bonds is 5. The van der Waals surface area contributed by atoms with Crippen LogP contribution >= 0.6 is 0 Å². The first-order chi connectivity index (χ1) is 7.67. The van der Waals surface area contributed by atoms with Gasteiger partial charge >= 0.3 is 0 Å². The van der Waals surface area contributed by atoms with E-state index in [-0.39, 0.29) is 6.29 Å². The van der Waals surface area contributed by atoms with E-state index >= 15 is 0 Å². The Morgan fingerprint density at radius 1 is 1.38 bits per heavy atom. The number of nitrogens with zero attached hydrogens (tertiary/aromatic N) is 1. The van der Waals surface area contributed by atoms with E-state index in [1.54, 1.807) is 14.2 Å². The van der Waals surface area contributed by atoms with Gasteiger partial charge in [-0.3, -0.25) is 4.99 Å². The van der Waals surface area contributed by atoms with Gasteiger partial charge in [-0.2, -0.15) is 0 Å². The molecule has 0 spiro atoms. The average molecular weight is 222 g/mol. The van der Waals surface area contributed by atoms with Crippen molar-refractivity contribution in [1.29, 1.82) is 0 Å². The molecule has 0 atom stereocenters. The minimum Gasteiger partial charge on any atom is -0.384 e. The molecule has 0 aliphatic rings. The Hall–Kier alpha value is -1.39. The van der Waals surface area contributed by atoms with Crippen molar-refractivity contribution in [3.05, 3.63) is 35.4 Å². The molecule has 2 N–H and O–H groups in total. The second kappa shape index (κ2) is 6.25. The summed E-state index contributed by atoms with van der Waals surface area (Å²) in [5.74, 6) is 0.503. The number of amidine groups is 1. The number of aliphatic imine (C=N–C) groups is 1. The minimum atomic E-state index is -0.344. The SMILES string of the molecule is COC(CN=C(N)c1cccc(C)c1)OC. The lowest BCUT2D eigenvalue weighted by molar-refractivity contribution is -0.0936. The zero-order valence-electron chi connectivity index (χ0n) is 9.93. The molecule has 0 aliphatic carbocycles. The molecule has 0 saturated carbocycles. The smallest absolute Gasteiger partial charge is 0.176 e. The third-order valence-electron chi connectivity index (χ3n) is 2.25. The molecular weight excluding hydrogens is 204 g/mol. The summed E-state index contributed by atoms with van der Waals surface area (Å²) in [5.41, 5.74) is 7.94. The highest BCUT2D eigenvalue weighted by Gasteiger charge is 2.04. The van der Waals surface area contributed by atoms with E-state index in [9.17, 15) is 0 Å². The van der Waals surface area contributed by atoms with Gasteiger partial charge in [0.25, 0.3) is 0 Å². The van der Waals surface area contributed by atoms with Crippen molar-refractivity contribution in [2.24, 2.45) is 10.7 Å². The van der Waals surface area contributed by atoms with Crippen LogP contribution in [0.3, 0.4) is 0 Å². The van der Waals surface area contributed by atoms with Gasteiger partial charge in [0.15, 0.2) is 6.29 Å². The third-order valence-corrected chi connectivity index (χ3v) is 2.25. The first-order valence-electron chi connectivity index (χ1n) is 5.10. The van der Waals surface area contributed by atoms with Gasteiger partial charge in [0, 0.05) is 19.8 Å². The fourth-order valence-electron chi connectivity index (χ4n) is 1.31. The van der Waals surface area contributed by atoms with Crippen LogP contribution in [0.1, 0.15) is 11.1 Å². The second-order valence-corrected chi connectivity index (χ2v) is 3.50. The Balaban J connectivity index is 2.70. The molecule has 0 unspecified atom stereocenters. The number of aryl methyl sites for hydroxylation is 1. The first-order valence-corrected chi connectivity index (χ1v) is 5.10. The molecule has 1 aromatic carbocycles. The molecule has 0 amide bonds. The molecule has 1 rings (SSSR count). The Morgan fingerprint density at radius 2 is 2.06 bits per heavy atom. The van der Waals surface area contributed by atoms with E-state index in [1.807, 2.05) is 31.2 Å². The lowest BCUT2D eigenvalue weighted by Crippen LogP contribution is -2.21. The molecule has 0 aromatic heterocycles. The van der Waals surface area contributed by atoms with Gasteiger partial charge in [-0.05, 0) is 13.0 Å². The zero-order chi connectivity index (χ0) is 12.0. The molecule has 4 nitrogen and oxygen atoms in total. The van der Waals surface area contributed by atoms with E-state index < -0.39 is 0 Å². The number of ether oxygens (including phenoxy) is 2. The number of nitrogens with two attached hydrogens (primary N) is 1. The van der Waals surface area contributed by atoms with Gasteiger partial charge in [0.1, 0.15) is 5.84 Å². The highest BCUT2D eigenvalue weighted by Crippen LogP contribution is 2.04. The molecule has 0 radical (unpaired) electrons. The monoisotopic (exact) mass is 222 g/mol. The van der Waals surface area contributed by atoms with Crippen LogP contribution in [0.15, 0.2) is 29.3 Å². The van der Waals surface area contributed by atoms with Crippen LogP contribution in [-0.4, -0.2) is 32.9 Å². The number of hydrogen-bond acceptors (Lipinski definition) is 3. The van der Waals surface area contributed by atoms with Crippen LogP contribution in [0.2, 0.25) is 0 Å². The normalized spacial score (nSPS) is 12.1. The molecule has 88 valence electrons. The predicted molar refractivity (Wildman–Crippen MR) is 64.6 cm³/mol. The van der Waals surface area contributed by atoms with E-state index in [1.165, 1.54) is 0 Å². The van der Waals surface area contributed by atoms with Crippen molar-refractivity contribution in [2.75, 3.05) is 20.8 Å². The van der Waals surface area contributed by atoms with E-state index in [4.69, 9.17) is 15.2 Å². The highest BCUT2D eigenvalue weighted by molar-refractivity contribution is 5.97. The number of benzene rings is 1. The molecule has 0 aliphatic heterocycles. The van der Waals surface area contributed by atoms with Crippen molar-refractivity contribution < 1.29 is 9.47 Å². The summed E-state index contributed by atoms with van der Waals surface area (Å²) in [7, 11) is 3.15. The Labute approximate surface area is 96.1 Å². The van der Waals surface area contributed by atoms with E-state index in [0.717, 1.165) is 11.1 Å². The molecule has 0 bridgehead atoms. The molecule has 4 heteroatoms. The molecule has 16 heavy (non-hydrogen) atoms. The maximum atomic E-state index is 5.86. The van der Waals surface area contributed by atoms with Crippen molar-refractivity contribution >= 4 is 5.84 Å². The van der Waals surface area contributed by atoms with Gasteiger partial charge in [-0.25, -0.2) is 0 Å². The highest BCUT2D eigenvalue weighted by atomic mass is 16.7. The van der Waals surface area contributed by atoms with E-state index in [0.29, 0.717) is 12.4 Å². The summed E-state index contributed by atoms with van der Waals surface area (Å²) in [4.78, 5) is 4.22. The van der Waals surface area contributed by atoms with Crippen LogP contribution in [0.4, 0.5) is 0 Å². The van der Waals surface area contributed by atoms with Crippen LogP contribution in [0.5, 0.6) is 0 Å². The Morgan fingerprint density at radius 3 is 2.62 bits per heavy atom. The zero-order valence-corrected chi connectivity index (χ0v) is 9.93. The lowest BCUT2D eigenvalue weighted by atomic mass is 10.1. The molecule has 1 aromatic rings. The van der Waals surface area contributed by atoms with Gasteiger partial charge in [0.2, 0.25) is 0 Å². The van der Waals surface area contributed by atoms with Crippen LogP contribution in [-0.2, 0) is 9.47 Å². The topological polar surface area (TPSA) is 56.8 Å². The van der Waals surface area contributed by atoms with Crippen LogP contribution < -0.4 is 5.73 Å². The standard InChI is InChI=1S/C12H18N2O2/c1-9-5-4-6-10(7-9)12(13)14-8-11(15-2)16-3/h4-7,11H,8H2,1-3H3,(H2,13,14). The fourth-order valence-corrected chi connectivity index (χ4v) is 1.31. The summed E-state index contributed by atoms with van der Waals surface area (Å²) in [6.07, 6.45) is -0.344. The van der Waals surface area contributed by atoms with Gasteiger partial charge in [-0.1, -0.05) is 23.8 Å². The van der Waals surface area contributed by atoms with Crippen molar-refractivity contribution in [3.63, 3.8) is 0 Å². The minimum absolute atomic E-state index is 0.344. The van der Waals surface area contributed by atoms with Gasteiger partial charge in [-0.15, -0.1) is 0 Å². The summed E-state index contributed by atoms with van der Waals surface area (Å²) < 4.78 is 10.0. The van der Waals surface area contributed by atoms with Crippen molar-refractivity contribution in [3.8, 4) is 0 Å². The molecule has 0 saturated heterocycles. The largest absolute Gasteiger partial charge is 0.384 e. The summed E-state index contributed by atoms with van der Waals surface area (Å²) in [5, 5.41) is 0. The Bertz CT molecular complexity index is 360. The average Bonchev–Trinajstić information content (AvgIpc) is 2.30. The predicted octanol–water partition coefficient (Wildman–Crippen LogP) is 1.32. The number of methoxy groups -OCH3 is 2. The quantitative estimate of drug-likeness (QED) is 0.464. The Kier molecular flexibility index (Phi) is 4.95. The van der Waals surface area contributed by atoms with Gasteiger partial charge in [0.05, 0.1) is 6.54 Å². The van der Waals surface area contributed by atoms with Crippen molar-refractivity contribution in [1.82, 2.24) is 0 Å². The molecule has 0 fully saturated rings. The van der Waals surface area contributed by atoms with E-state index in [2.05, 4.69) is 4.99 Å². The first kappa shape index (κ1) is 12.7.